The molecular weight excluding hydrogens is 198 g/mol. The molecule has 0 aliphatic heterocycles. The predicted molar refractivity (Wildman–Crippen MR) is 69.7 cm³/mol. The highest BCUT2D eigenvalue weighted by molar-refractivity contribution is 4.97. The van der Waals surface area contributed by atoms with Crippen molar-refractivity contribution in [3.8, 4) is 0 Å². The summed E-state index contributed by atoms with van der Waals surface area (Å²) in [4.78, 5) is 0. The molecule has 0 radical (unpaired) electrons. The summed E-state index contributed by atoms with van der Waals surface area (Å²) >= 11 is 0. The van der Waals surface area contributed by atoms with E-state index in [1.807, 2.05) is 0 Å². The van der Waals surface area contributed by atoms with Crippen LogP contribution in [-0.2, 0) is 4.74 Å². The van der Waals surface area contributed by atoms with Gasteiger partial charge in [-0.1, -0.05) is 20.8 Å². The van der Waals surface area contributed by atoms with Crippen LogP contribution in [0, 0.1) is 5.41 Å². The fourth-order valence-corrected chi connectivity index (χ4v) is 2.83. The van der Waals surface area contributed by atoms with Crippen LogP contribution >= 0.6 is 0 Å². The van der Waals surface area contributed by atoms with E-state index in [1.165, 1.54) is 25.7 Å². The summed E-state index contributed by atoms with van der Waals surface area (Å²) in [5, 5.41) is 3.54. The predicted octanol–water partition coefficient (Wildman–Crippen LogP) is 3.36. The van der Waals surface area contributed by atoms with Crippen molar-refractivity contribution in [3.05, 3.63) is 0 Å². The Morgan fingerprint density at radius 3 is 2.12 bits per heavy atom. The molecule has 1 fully saturated rings. The second kappa shape index (κ2) is 5.50. The lowest BCUT2D eigenvalue weighted by atomic mass is 9.68. The van der Waals surface area contributed by atoms with E-state index in [9.17, 15) is 0 Å². The molecule has 16 heavy (non-hydrogen) atoms. The molecule has 1 rings (SSSR count). The van der Waals surface area contributed by atoms with Crippen LogP contribution in [0.5, 0.6) is 0 Å². The minimum atomic E-state index is 0.0836. The first kappa shape index (κ1) is 14.0. The second-order valence-electron chi connectivity index (χ2n) is 5.94. The molecule has 2 nitrogen and oxygen atoms in total. The maximum absolute atomic E-state index is 6.12. The first-order valence-corrected chi connectivity index (χ1v) is 6.83. The van der Waals surface area contributed by atoms with E-state index in [4.69, 9.17) is 4.74 Å². The summed E-state index contributed by atoms with van der Waals surface area (Å²) < 4.78 is 6.12. The van der Waals surface area contributed by atoms with Crippen LogP contribution in [0.3, 0.4) is 0 Å². The Hall–Kier alpha value is -0.0800. The number of hydrogen-bond donors (Lipinski definition) is 1. The number of rotatable bonds is 5. The lowest BCUT2D eigenvalue weighted by molar-refractivity contribution is -0.102. The molecule has 96 valence electrons. The molecule has 0 aromatic rings. The Kier molecular flexibility index (Phi) is 4.81. The van der Waals surface area contributed by atoms with Gasteiger partial charge in [0.15, 0.2) is 0 Å². The normalized spacial score (nSPS) is 25.3. The van der Waals surface area contributed by atoms with Crippen LogP contribution < -0.4 is 5.32 Å². The lowest BCUT2D eigenvalue weighted by Crippen LogP contribution is -2.53. The Bertz CT molecular complexity index is 203. The lowest BCUT2D eigenvalue weighted by Gasteiger charge is -2.46. The molecule has 2 heteroatoms. The smallest absolute Gasteiger partial charge is 0.0832 e. The SMILES string of the molecule is CCNC(C)C1(OCC)CCC(C)(C)CC1. The number of ether oxygens (including phenoxy) is 1. The van der Waals surface area contributed by atoms with Crippen LogP contribution in [0.1, 0.15) is 60.3 Å². The van der Waals surface area contributed by atoms with Crippen molar-refractivity contribution in [2.45, 2.75) is 71.9 Å². The van der Waals surface area contributed by atoms with Gasteiger partial charge in [-0.3, -0.25) is 0 Å². The molecule has 1 N–H and O–H groups in total. The summed E-state index contributed by atoms with van der Waals surface area (Å²) in [7, 11) is 0. The Morgan fingerprint density at radius 1 is 1.12 bits per heavy atom. The zero-order chi connectivity index (χ0) is 12.2. The van der Waals surface area contributed by atoms with Crippen molar-refractivity contribution in [2.24, 2.45) is 5.41 Å². The van der Waals surface area contributed by atoms with Gasteiger partial charge in [0.2, 0.25) is 0 Å². The van der Waals surface area contributed by atoms with E-state index < -0.39 is 0 Å². The summed E-state index contributed by atoms with van der Waals surface area (Å²) in [5.41, 5.74) is 0.590. The Labute approximate surface area is 101 Å². The molecule has 0 saturated heterocycles. The van der Waals surface area contributed by atoms with Gasteiger partial charge in [-0.25, -0.2) is 0 Å². The monoisotopic (exact) mass is 227 g/mol. The van der Waals surface area contributed by atoms with E-state index in [-0.39, 0.29) is 5.60 Å². The van der Waals surface area contributed by atoms with E-state index in [0.717, 1.165) is 13.2 Å². The van der Waals surface area contributed by atoms with Crippen LogP contribution in [0.4, 0.5) is 0 Å². The second-order valence-corrected chi connectivity index (χ2v) is 5.94. The summed E-state index contributed by atoms with van der Waals surface area (Å²) in [5.74, 6) is 0. The standard InChI is InChI=1S/C14H29NO/c1-6-15-12(3)14(16-7-2)10-8-13(4,5)9-11-14/h12,15H,6-11H2,1-5H3. The molecule has 1 atom stereocenters. The molecule has 1 unspecified atom stereocenters. The van der Waals surface area contributed by atoms with Crippen LogP contribution in [0.2, 0.25) is 0 Å². The third-order valence-electron chi connectivity index (χ3n) is 4.18. The third-order valence-corrected chi connectivity index (χ3v) is 4.18. The van der Waals surface area contributed by atoms with E-state index >= 15 is 0 Å². The quantitative estimate of drug-likeness (QED) is 0.777. The molecule has 0 spiro atoms. The van der Waals surface area contributed by atoms with Crippen molar-refractivity contribution < 1.29 is 4.74 Å². The fourth-order valence-electron chi connectivity index (χ4n) is 2.83. The van der Waals surface area contributed by atoms with E-state index in [2.05, 4.69) is 39.9 Å². The van der Waals surface area contributed by atoms with Crippen molar-refractivity contribution >= 4 is 0 Å². The van der Waals surface area contributed by atoms with Gasteiger partial charge in [0.25, 0.3) is 0 Å². The Balaban J connectivity index is 2.67. The van der Waals surface area contributed by atoms with Crippen molar-refractivity contribution in [2.75, 3.05) is 13.2 Å². The largest absolute Gasteiger partial charge is 0.374 e. The average Bonchev–Trinajstić information content (AvgIpc) is 2.22. The molecule has 0 aromatic carbocycles. The fraction of sp³-hybridized carbons (Fsp3) is 1.00. The molecule has 1 saturated carbocycles. The van der Waals surface area contributed by atoms with Gasteiger partial charge < -0.3 is 10.1 Å². The number of likely N-dealkylation sites (N-methyl/N-ethyl adjacent to an activating group) is 1. The molecule has 1 aliphatic carbocycles. The van der Waals surface area contributed by atoms with Crippen molar-refractivity contribution in [3.63, 3.8) is 0 Å². The average molecular weight is 227 g/mol. The summed E-state index contributed by atoms with van der Waals surface area (Å²) in [6.45, 7) is 13.2. The first-order valence-electron chi connectivity index (χ1n) is 6.83. The first-order chi connectivity index (χ1) is 7.46. The highest BCUT2D eigenvalue weighted by atomic mass is 16.5. The molecule has 0 heterocycles. The number of hydrogen-bond acceptors (Lipinski definition) is 2. The van der Waals surface area contributed by atoms with Gasteiger partial charge in [-0.05, 0) is 51.5 Å². The zero-order valence-corrected chi connectivity index (χ0v) is 11.7. The summed E-state index contributed by atoms with van der Waals surface area (Å²) in [6, 6.07) is 0.466. The van der Waals surface area contributed by atoms with Gasteiger partial charge in [-0.15, -0.1) is 0 Å². The highest BCUT2D eigenvalue weighted by Gasteiger charge is 2.42. The molecule has 0 amide bonds. The summed E-state index contributed by atoms with van der Waals surface area (Å²) in [6.07, 6.45) is 4.95. The molecule has 0 aromatic heterocycles. The van der Waals surface area contributed by atoms with Gasteiger partial charge >= 0.3 is 0 Å². The van der Waals surface area contributed by atoms with E-state index in [0.29, 0.717) is 11.5 Å². The maximum atomic E-state index is 6.12. The van der Waals surface area contributed by atoms with Crippen LogP contribution in [-0.4, -0.2) is 24.8 Å². The maximum Gasteiger partial charge on any atom is 0.0832 e. The minimum Gasteiger partial charge on any atom is -0.374 e. The van der Waals surface area contributed by atoms with Crippen LogP contribution in [0.25, 0.3) is 0 Å². The van der Waals surface area contributed by atoms with E-state index in [1.54, 1.807) is 0 Å². The minimum absolute atomic E-state index is 0.0836. The highest BCUT2D eigenvalue weighted by Crippen LogP contribution is 2.43. The van der Waals surface area contributed by atoms with Gasteiger partial charge in [0, 0.05) is 12.6 Å². The molecule has 0 bridgehead atoms. The van der Waals surface area contributed by atoms with Gasteiger partial charge in [-0.2, -0.15) is 0 Å². The number of nitrogens with one attached hydrogen (secondary N) is 1. The van der Waals surface area contributed by atoms with Crippen LogP contribution in [0.15, 0.2) is 0 Å². The topological polar surface area (TPSA) is 21.3 Å². The Morgan fingerprint density at radius 2 is 1.69 bits per heavy atom. The van der Waals surface area contributed by atoms with Crippen molar-refractivity contribution in [1.29, 1.82) is 0 Å². The molecule has 1 aliphatic rings. The van der Waals surface area contributed by atoms with Gasteiger partial charge in [0.05, 0.1) is 5.60 Å². The van der Waals surface area contributed by atoms with Gasteiger partial charge in [0.1, 0.15) is 0 Å². The van der Waals surface area contributed by atoms with Crippen molar-refractivity contribution in [1.82, 2.24) is 5.32 Å². The third kappa shape index (κ3) is 3.21. The molecular formula is C14H29NO. The zero-order valence-electron chi connectivity index (χ0n) is 11.7.